The molecule has 0 saturated carbocycles. The fourth-order valence-electron chi connectivity index (χ4n) is 2.90. The van der Waals surface area contributed by atoms with Gasteiger partial charge in [-0.15, -0.1) is 0 Å². The SMILES string of the molecule is Cn1c(Br)nc2c1CN(C(=O)CCN1CCOCC1)CC2. The fraction of sp³-hybridized carbons (Fsp3) is 0.714. The van der Waals surface area contributed by atoms with Gasteiger partial charge in [-0.2, -0.15) is 0 Å². The summed E-state index contributed by atoms with van der Waals surface area (Å²) in [7, 11) is 1.98. The molecule has 21 heavy (non-hydrogen) atoms. The number of hydrogen-bond donors (Lipinski definition) is 0. The van der Waals surface area contributed by atoms with Gasteiger partial charge in [-0.3, -0.25) is 9.69 Å². The van der Waals surface area contributed by atoms with Crippen LogP contribution < -0.4 is 0 Å². The number of rotatable bonds is 3. The van der Waals surface area contributed by atoms with E-state index in [0.717, 1.165) is 61.9 Å². The Kier molecular flexibility index (Phi) is 4.61. The average molecular weight is 357 g/mol. The number of hydrogen-bond acceptors (Lipinski definition) is 4. The number of carbonyl (C=O) groups is 1. The van der Waals surface area contributed by atoms with Crippen molar-refractivity contribution in [2.24, 2.45) is 7.05 Å². The Balaban J connectivity index is 1.55. The molecule has 1 amide bonds. The van der Waals surface area contributed by atoms with E-state index in [1.165, 1.54) is 0 Å². The minimum atomic E-state index is 0.240. The number of fused-ring (bicyclic) bond motifs is 1. The molecule has 0 aliphatic carbocycles. The maximum atomic E-state index is 12.4. The molecule has 1 aromatic rings. The molecule has 1 aromatic heterocycles. The summed E-state index contributed by atoms with van der Waals surface area (Å²) in [5.74, 6) is 0.240. The van der Waals surface area contributed by atoms with E-state index in [0.29, 0.717) is 13.0 Å². The van der Waals surface area contributed by atoms with Gasteiger partial charge < -0.3 is 14.2 Å². The highest BCUT2D eigenvalue weighted by atomic mass is 79.9. The average Bonchev–Trinajstić information content (AvgIpc) is 2.80. The summed E-state index contributed by atoms with van der Waals surface area (Å²) in [6.07, 6.45) is 1.44. The first-order chi connectivity index (χ1) is 10.1. The van der Waals surface area contributed by atoms with Gasteiger partial charge in [0.05, 0.1) is 31.1 Å². The normalized spacial score (nSPS) is 19.6. The number of ether oxygens (including phenoxy) is 1. The standard InChI is InChI=1S/C14H21BrN4O2/c1-17-12-10-19(5-2-11(12)16-14(17)15)13(20)3-4-18-6-8-21-9-7-18/h2-10H2,1H3. The zero-order chi connectivity index (χ0) is 14.8. The molecular formula is C14H21BrN4O2. The second-order valence-corrected chi connectivity index (χ2v) is 6.31. The number of amides is 1. The van der Waals surface area contributed by atoms with E-state index in [-0.39, 0.29) is 5.91 Å². The first kappa shape index (κ1) is 15.0. The van der Waals surface area contributed by atoms with Gasteiger partial charge in [-0.05, 0) is 15.9 Å². The predicted octanol–water partition coefficient (Wildman–Crippen LogP) is 0.790. The fourth-order valence-corrected chi connectivity index (χ4v) is 3.33. The lowest BCUT2D eigenvalue weighted by Gasteiger charge is -2.30. The van der Waals surface area contributed by atoms with Crippen LogP contribution in [0, 0.1) is 0 Å². The molecule has 7 heteroatoms. The Hall–Kier alpha value is -0.920. The molecule has 0 spiro atoms. The van der Waals surface area contributed by atoms with E-state index >= 15 is 0 Å². The zero-order valence-corrected chi connectivity index (χ0v) is 13.9. The molecule has 1 fully saturated rings. The van der Waals surface area contributed by atoms with E-state index < -0.39 is 0 Å². The van der Waals surface area contributed by atoms with E-state index in [1.54, 1.807) is 0 Å². The molecule has 0 bridgehead atoms. The number of aromatic nitrogens is 2. The molecule has 1 saturated heterocycles. The molecule has 116 valence electrons. The van der Waals surface area contributed by atoms with Crippen molar-refractivity contribution in [1.82, 2.24) is 19.4 Å². The van der Waals surface area contributed by atoms with Crippen LogP contribution in [0.2, 0.25) is 0 Å². The second-order valence-electron chi connectivity index (χ2n) is 5.60. The van der Waals surface area contributed by atoms with Crippen LogP contribution in [0.3, 0.4) is 0 Å². The summed E-state index contributed by atoms with van der Waals surface area (Å²) in [6.45, 7) is 5.72. The molecule has 0 N–H and O–H groups in total. The van der Waals surface area contributed by atoms with Crippen LogP contribution in [-0.4, -0.2) is 64.7 Å². The number of imidazole rings is 1. The Morgan fingerprint density at radius 1 is 1.33 bits per heavy atom. The molecule has 2 aliphatic rings. The molecule has 0 atom stereocenters. The van der Waals surface area contributed by atoms with Crippen LogP contribution >= 0.6 is 15.9 Å². The molecule has 2 aliphatic heterocycles. The van der Waals surface area contributed by atoms with Gasteiger partial charge in [0.2, 0.25) is 5.91 Å². The third kappa shape index (κ3) is 3.30. The molecule has 6 nitrogen and oxygen atoms in total. The lowest BCUT2D eigenvalue weighted by atomic mass is 10.1. The van der Waals surface area contributed by atoms with Gasteiger partial charge >= 0.3 is 0 Å². The summed E-state index contributed by atoms with van der Waals surface area (Å²) in [5.41, 5.74) is 2.26. The summed E-state index contributed by atoms with van der Waals surface area (Å²) in [6, 6.07) is 0. The quantitative estimate of drug-likeness (QED) is 0.803. The lowest BCUT2D eigenvalue weighted by Crippen LogP contribution is -2.41. The summed E-state index contributed by atoms with van der Waals surface area (Å²) >= 11 is 3.45. The third-order valence-corrected chi connectivity index (χ3v) is 5.01. The molecule has 3 rings (SSSR count). The molecule has 0 radical (unpaired) electrons. The number of halogens is 1. The lowest BCUT2D eigenvalue weighted by molar-refractivity contribution is -0.132. The summed E-state index contributed by atoms with van der Waals surface area (Å²) in [4.78, 5) is 21.1. The minimum Gasteiger partial charge on any atom is -0.379 e. The largest absolute Gasteiger partial charge is 0.379 e. The van der Waals surface area contributed by atoms with Gasteiger partial charge in [0, 0.05) is 46.1 Å². The van der Waals surface area contributed by atoms with E-state index in [1.807, 2.05) is 16.5 Å². The predicted molar refractivity (Wildman–Crippen MR) is 81.9 cm³/mol. The molecule has 0 unspecified atom stereocenters. The number of carbonyl (C=O) groups excluding carboxylic acids is 1. The monoisotopic (exact) mass is 356 g/mol. The van der Waals surface area contributed by atoms with Crippen molar-refractivity contribution in [3.8, 4) is 0 Å². The highest BCUT2D eigenvalue weighted by Gasteiger charge is 2.25. The smallest absolute Gasteiger partial charge is 0.224 e. The van der Waals surface area contributed by atoms with Crippen molar-refractivity contribution in [3.63, 3.8) is 0 Å². The van der Waals surface area contributed by atoms with Crippen LogP contribution in [-0.2, 0) is 29.5 Å². The van der Waals surface area contributed by atoms with E-state index in [4.69, 9.17) is 4.74 Å². The van der Waals surface area contributed by atoms with E-state index in [9.17, 15) is 4.79 Å². The molecule has 3 heterocycles. The van der Waals surface area contributed by atoms with Crippen molar-refractivity contribution >= 4 is 21.8 Å². The Morgan fingerprint density at radius 3 is 2.86 bits per heavy atom. The first-order valence-corrected chi connectivity index (χ1v) is 8.22. The summed E-state index contributed by atoms with van der Waals surface area (Å²) in [5, 5.41) is 0. The Morgan fingerprint density at radius 2 is 2.10 bits per heavy atom. The maximum Gasteiger partial charge on any atom is 0.224 e. The van der Waals surface area contributed by atoms with Crippen LogP contribution in [0.25, 0.3) is 0 Å². The van der Waals surface area contributed by atoms with Crippen molar-refractivity contribution in [3.05, 3.63) is 16.1 Å². The topological polar surface area (TPSA) is 50.6 Å². The minimum absolute atomic E-state index is 0.240. The highest BCUT2D eigenvalue weighted by Crippen LogP contribution is 2.22. The van der Waals surface area contributed by atoms with Crippen molar-refractivity contribution in [2.75, 3.05) is 39.4 Å². The first-order valence-electron chi connectivity index (χ1n) is 7.43. The van der Waals surface area contributed by atoms with Gasteiger partial charge in [0.1, 0.15) is 0 Å². The van der Waals surface area contributed by atoms with Gasteiger partial charge in [-0.25, -0.2) is 4.98 Å². The number of nitrogens with zero attached hydrogens (tertiary/aromatic N) is 4. The van der Waals surface area contributed by atoms with Crippen molar-refractivity contribution in [2.45, 2.75) is 19.4 Å². The molecular weight excluding hydrogens is 336 g/mol. The Labute approximate surface area is 133 Å². The van der Waals surface area contributed by atoms with E-state index in [2.05, 4.69) is 25.8 Å². The zero-order valence-electron chi connectivity index (χ0n) is 12.3. The second kappa shape index (κ2) is 6.46. The van der Waals surface area contributed by atoms with Crippen LogP contribution in [0.1, 0.15) is 17.8 Å². The maximum absolute atomic E-state index is 12.4. The Bertz CT molecular complexity index is 525. The van der Waals surface area contributed by atoms with Crippen LogP contribution in [0.4, 0.5) is 0 Å². The molecule has 0 aromatic carbocycles. The third-order valence-electron chi connectivity index (χ3n) is 4.30. The highest BCUT2D eigenvalue weighted by molar-refractivity contribution is 9.10. The van der Waals surface area contributed by atoms with Crippen molar-refractivity contribution < 1.29 is 9.53 Å². The number of morpholine rings is 1. The van der Waals surface area contributed by atoms with Crippen LogP contribution in [0.5, 0.6) is 0 Å². The van der Waals surface area contributed by atoms with Gasteiger partial charge in [-0.1, -0.05) is 0 Å². The van der Waals surface area contributed by atoms with Gasteiger partial charge in [0.15, 0.2) is 4.73 Å². The summed E-state index contributed by atoms with van der Waals surface area (Å²) < 4.78 is 8.19. The van der Waals surface area contributed by atoms with Gasteiger partial charge in [0.25, 0.3) is 0 Å². The van der Waals surface area contributed by atoms with Crippen molar-refractivity contribution in [1.29, 1.82) is 0 Å². The van der Waals surface area contributed by atoms with Crippen LogP contribution in [0.15, 0.2) is 4.73 Å².